The normalized spacial score (nSPS) is 30.1. The Kier molecular flexibility index (Phi) is 6.96. The molecular weight excluding hydrogens is 512 g/mol. The van der Waals surface area contributed by atoms with Gasteiger partial charge in [-0.15, -0.1) is 0 Å². The number of likely N-dealkylation sites (N-methyl/N-ethyl adjacent to an activating group) is 1. The third-order valence-corrected chi connectivity index (χ3v) is 7.91. The smallest absolute Gasteiger partial charge is 0.319 e. The monoisotopic (exact) mass is 544 g/mol. The van der Waals surface area contributed by atoms with E-state index in [0.717, 1.165) is 0 Å². The van der Waals surface area contributed by atoms with Gasteiger partial charge in [-0.3, -0.25) is 19.3 Å². The van der Waals surface area contributed by atoms with Crippen molar-refractivity contribution in [3.63, 3.8) is 0 Å². The Morgan fingerprint density at radius 2 is 1.79 bits per heavy atom. The lowest BCUT2D eigenvalue weighted by atomic mass is 9.54. The second-order valence-corrected chi connectivity index (χ2v) is 10.4. The van der Waals surface area contributed by atoms with Crippen LogP contribution in [0.3, 0.4) is 0 Å². The first-order chi connectivity index (χ1) is 18.2. The highest BCUT2D eigenvalue weighted by molar-refractivity contribution is 6.24. The largest absolute Gasteiger partial charge is 0.508 e. The second-order valence-electron chi connectivity index (χ2n) is 10.4. The molecule has 1 saturated carbocycles. The molecule has 1 aromatic carbocycles. The van der Waals surface area contributed by atoms with Gasteiger partial charge >= 0.3 is 6.03 Å². The number of primary amides is 1. The number of anilines is 1. The lowest BCUT2D eigenvalue weighted by molar-refractivity contribution is -0.169. The first-order valence-electron chi connectivity index (χ1n) is 12.4. The first-order valence-corrected chi connectivity index (χ1v) is 12.4. The first kappa shape index (κ1) is 28.1. The summed E-state index contributed by atoms with van der Waals surface area (Å²) in [5.74, 6) is -9.80. The molecule has 4 rings (SSSR count). The van der Waals surface area contributed by atoms with E-state index < -0.39 is 87.4 Å². The Bertz CT molecular complexity index is 1350. The number of carbonyl (C=O) groups excluding carboxylic acids is 4. The summed E-state index contributed by atoms with van der Waals surface area (Å²) < 4.78 is 0. The van der Waals surface area contributed by atoms with Crippen LogP contribution >= 0.6 is 0 Å². The fourth-order valence-corrected chi connectivity index (χ4v) is 6.12. The Labute approximate surface area is 223 Å². The molecule has 0 unspecified atom stereocenters. The Hall–Kier alpha value is -3.94. The number of rotatable bonds is 5. The summed E-state index contributed by atoms with van der Waals surface area (Å²) in [5, 5.41) is 61.6. The summed E-state index contributed by atoms with van der Waals surface area (Å²) in [7, 11) is 2.87. The fourth-order valence-electron chi connectivity index (χ4n) is 6.12. The highest BCUT2D eigenvalue weighted by Crippen LogP contribution is 2.56. The third kappa shape index (κ3) is 3.87. The number of fused-ring (bicyclic) bond motifs is 3. The standard InChI is InChI=1S/C26H32N4O9/c1-5-8-28-25(38)29-11-7-6-10-9(2)12-14(19(32)13(10)18(11)31)22(35)26(39)16(20(12)33)17(30(3)4)21(34)15(23(26)36)24(27)37/h6-7,9,12,16-17,20,31-33,36,39H,5,8H2,1-4H3,(H2,27,37)(H2,28,29,38)/t9-,12+,16+,17-,20-,26-/m1/s1. The SMILES string of the molecule is CCCNC(=O)Nc1ccc2c(c1O)C(O)=C1C(=O)[C@@]3(O)C(O)=C(C(N)=O)C(=O)[C@H](N(C)C)[C@H]3[C@H](O)[C@H]1[C@@H]2C. The van der Waals surface area contributed by atoms with E-state index in [4.69, 9.17) is 5.73 Å². The summed E-state index contributed by atoms with van der Waals surface area (Å²) in [6.45, 7) is 3.85. The molecule has 0 saturated heterocycles. The van der Waals surface area contributed by atoms with Crippen LogP contribution in [0.5, 0.6) is 5.75 Å². The molecule has 0 radical (unpaired) electrons. The number of aromatic hydroxyl groups is 1. The topological polar surface area (TPSA) is 223 Å². The van der Waals surface area contributed by atoms with Crippen LogP contribution in [0, 0.1) is 11.8 Å². The Morgan fingerprint density at radius 1 is 1.15 bits per heavy atom. The molecule has 0 aromatic heterocycles. The molecule has 9 N–H and O–H groups in total. The minimum atomic E-state index is -2.99. The molecule has 0 heterocycles. The average molecular weight is 545 g/mol. The van der Waals surface area contributed by atoms with Crippen molar-refractivity contribution in [1.29, 1.82) is 0 Å². The molecule has 13 nitrogen and oxygen atoms in total. The van der Waals surface area contributed by atoms with Gasteiger partial charge in [0.1, 0.15) is 22.8 Å². The van der Waals surface area contributed by atoms with Gasteiger partial charge in [-0.2, -0.15) is 0 Å². The van der Waals surface area contributed by atoms with Crippen LogP contribution in [0.4, 0.5) is 10.5 Å². The van der Waals surface area contributed by atoms with Gasteiger partial charge in [0.15, 0.2) is 11.4 Å². The number of phenolic OH excluding ortho intramolecular Hbond substituents is 1. The van der Waals surface area contributed by atoms with Crippen molar-refractivity contribution in [2.45, 2.75) is 43.9 Å². The van der Waals surface area contributed by atoms with Gasteiger partial charge in [-0.1, -0.05) is 19.9 Å². The van der Waals surface area contributed by atoms with E-state index in [1.165, 1.54) is 31.1 Å². The molecular formula is C26H32N4O9. The minimum Gasteiger partial charge on any atom is -0.508 e. The maximum Gasteiger partial charge on any atom is 0.319 e. The van der Waals surface area contributed by atoms with Crippen LogP contribution in [0.2, 0.25) is 0 Å². The predicted molar refractivity (Wildman–Crippen MR) is 138 cm³/mol. The average Bonchev–Trinajstić information content (AvgIpc) is 2.85. The van der Waals surface area contributed by atoms with Crippen LogP contribution < -0.4 is 16.4 Å². The van der Waals surface area contributed by atoms with Gasteiger partial charge in [0.25, 0.3) is 5.91 Å². The van der Waals surface area contributed by atoms with Crippen LogP contribution in [0.15, 0.2) is 29.0 Å². The van der Waals surface area contributed by atoms with Gasteiger partial charge in [0.2, 0.25) is 5.78 Å². The van der Waals surface area contributed by atoms with E-state index in [0.29, 0.717) is 18.5 Å². The van der Waals surface area contributed by atoms with Crippen molar-refractivity contribution in [3.05, 3.63) is 40.2 Å². The number of urea groups is 1. The fraction of sp³-hybridized carbons (Fsp3) is 0.462. The van der Waals surface area contributed by atoms with E-state index in [-0.39, 0.29) is 11.3 Å². The molecule has 3 amide bonds. The summed E-state index contributed by atoms with van der Waals surface area (Å²) >= 11 is 0. The number of phenols is 1. The summed E-state index contributed by atoms with van der Waals surface area (Å²) in [6, 6.07) is 0.879. The van der Waals surface area contributed by atoms with Crippen molar-refractivity contribution in [1.82, 2.24) is 10.2 Å². The van der Waals surface area contributed by atoms with Gasteiger partial charge < -0.3 is 41.9 Å². The van der Waals surface area contributed by atoms with Crippen molar-refractivity contribution in [3.8, 4) is 5.75 Å². The second kappa shape index (κ2) is 9.67. The third-order valence-electron chi connectivity index (χ3n) is 7.91. The zero-order valence-corrected chi connectivity index (χ0v) is 21.8. The molecule has 6 atom stereocenters. The number of nitrogens with two attached hydrogens (primary N) is 1. The number of Topliss-reactive ketones (excluding diaryl/α,β-unsaturated/α-hetero) is 2. The molecule has 39 heavy (non-hydrogen) atoms. The lowest BCUT2D eigenvalue weighted by Crippen LogP contribution is -2.70. The molecule has 3 aliphatic carbocycles. The van der Waals surface area contributed by atoms with E-state index >= 15 is 0 Å². The maximum atomic E-state index is 14.0. The molecule has 1 fully saturated rings. The minimum absolute atomic E-state index is 0.0739. The summed E-state index contributed by atoms with van der Waals surface area (Å²) in [4.78, 5) is 52.7. The van der Waals surface area contributed by atoms with Crippen molar-refractivity contribution >= 4 is 35.0 Å². The maximum absolute atomic E-state index is 14.0. The molecule has 0 spiro atoms. The van der Waals surface area contributed by atoms with Crippen molar-refractivity contribution in [2.75, 3.05) is 26.0 Å². The molecule has 0 bridgehead atoms. The summed E-state index contributed by atoms with van der Waals surface area (Å²) in [6.07, 6.45) is -1.01. The number of ketones is 2. The van der Waals surface area contributed by atoms with Gasteiger partial charge in [0.05, 0.1) is 29.3 Å². The number of nitrogens with zero attached hydrogens (tertiary/aromatic N) is 1. The van der Waals surface area contributed by atoms with Gasteiger partial charge in [-0.05, 0) is 38.1 Å². The van der Waals surface area contributed by atoms with Crippen molar-refractivity contribution < 1.29 is 44.7 Å². The number of benzene rings is 1. The van der Waals surface area contributed by atoms with Crippen molar-refractivity contribution in [2.24, 2.45) is 17.6 Å². The van der Waals surface area contributed by atoms with Crippen LogP contribution in [-0.4, -0.2) is 92.3 Å². The molecule has 3 aliphatic rings. The van der Waals surface area contributed by atoms with Crippen LogP contribution in [0.1, 0.15) is 37.3 Å². The molecule has 0 aliphatic heterocycles. The molecule has 210 valence electrons. The van der Waals surface area contributed by atoms with E-state index in [2.05, 4.69) is 10.6 Å². The number of carbonyl (C=O) groups is 4. The molecule has 1 aromatic rings. The number of aliphatic hydroxyl groups is 4. The molecule has 13 heteroatoms. The predicted octanol–water partition coefficient (Wildman–Crippen LogP) is 0.0273. The number of amides is 3. The number of nitrogens with one attached hydrogen (secondary N) is 2. The quantitative estimate of drug-likeness (QED) is 0.183. The number of hydrogen-bond acceptors (Lipinski definition) is 10. The zero-order chi connectivity index (χ0) is 29.1. The zero-order valence-electron chi connectivity index (χ0n) is 21.8. The highest BCUT2D eigenvalue weighted by Gasteiger charge is 2.68. The number of aliphatic hydroxyl groups excluding tert-OH is 3. The lowest BCUT2D eigenvalue weighted by Gasteiger charge is -2.53. The summed E-state index contributed by atoms with van der Waals surface area (Å²) in [5.41, 5.74) is 0.872. The van der Waals surface area contributed by atoms with Gasteiger partial charge in [-0.25, -0.2) is 4.79 Å². The Morgan fingerprint density at radius 3 is 2.36 bits per heavy atom. The number of hydrogen-bond donors (Lipinski definition) is 8. The van der Waals surface area contributed by atoms with Gasteiger partial charge in [0, 0.05) is 18.0 Å². The van der Waals surface area contributed by atoms with E-state index in [1.54, 1.807) is 6.92 Å². The Balaban J connectivity index is 1.94. The highest BCUT2D eigenvalue weighted by atomic mass is 16.4. The van der Waals surface area contributed by atoms with E-state index in [1.807, 2.05) is 6.92 Å². The van der Waals surface area contributed by atoms with E-state index in [9.17, 15) is 44.7 Å². The van der Waals surface area contributed by atoms with Crippen LogP contribution in [0.25, 0.3) is 5.76 Å². The van der Waals surface area contributed by atoms with Crippen LogP contribution in [-0.2, 0) is 14.4 Å².